The van der Waals surface area contributed by atoms with Crippen LogP contribution in [0.25, 0.3) is 0 Å². The van der Waals surface area contributed by atoms with Gasteiger partial charge in [-0.05, 0) is 55.0 Å². The van der Waals surface area contributed by atoms with Crippen LogP contribution in [0.4, 0.5) is 5.69 Å². The van der Waals surface area contributed by atoms with Gasteiger partial charge in [0.1, 0.15) is 0 Å². The van der Waals surface area contributed by atoms with Gasteiger partial charge in [-0.25, -0.2) is 0 Å². The number of para-hydroxylation sites is 1. The van der Waals surface area contributed by atoms with Crippen LogP contribution in [0.15, 0.2) is 71.1 Å². The first-order chi connectivity index (χ1) is 14.7. The standard InChI is InChI=1S/C26H27ClN2O2/c1-15-7-5-6-8-19(15)29-25(31)22-16(2)28-20-13-26(3,4)14-21(30)24(20)23(22)17-9-11-18(27)12-10-17/h5-12,23,28H,13-14H2,1-4H3,(H,29,31). The Morgan fingerprint density at radius 1 is 1.06 bits per heavy atom. The third-order valence-electron chi connectivity index (χ3n) is 6.08. The zero-order valence-corrected chi connectivity index (χ0v) is 19.1. The van der Waals surface area contributed by atoms with Crippen molar-refractivity contribution < 1.29 is 9.59 Å². The Bertz CT molecular complexity index is 1130. The number of halogens is 1. The van der Waals surface area contributed by atoms with Crippen LogP contribution in [0.2, 0.25) is 5.02 Å². The van der Waals surface area contributed by atoms with Crippen LogP contribution < -0.4 is 10.6 Å². The second kappa shape index (κ2) is 8.01. The fourth-order valence-electron chi connectivity index (χ4n) is 4.63. The summed E-state index contributed by atoms with van der Waals surface area (Å²) in [7, 11) is 0. The van der Waals surface area contributed by atoms with Crippen molar-refractivity contribution in [2.75, 3.05) is 5.32 Å². The summed E-state index contributed by atoms with van der Waals surface area (Å²) in [6.45, 7) is 8.08. The van der Waals surface area contributed by atoms with Gasteiger partial charge in [0.05, 0.1) is 0 Å². The number of allylic oxidation sites excluding steroid dienone is 3. The van der Waals surface area contributed by atoms with Crippen LogP contribution in [-0.2, 0) is 9.59 Å². The highest BCUT2D eigenvalue weighted by atomic mass is 35.5. The molecule has 1 amide bonds. The molecule has 2 N–H and O–H groups in total. The lowest BCUT2D eigenvalue weighted by Crippen LogP contribution is -2.39. The largest absolute Gasteiger partial charge is 0.362 e. The SMILES string of the molecule is CC1=C(C(=O)Nc2ccccc2C)C(c2ccc(Cl)cc2)C2=C(CC(C)(C)CC2=O)N1. The van der Waals surface area contributed by atoms with E-state index >= 15 is 0 Å². The Morgan fingerprint density at radius 2 is 1.74 bits per heavy atom. The average Bonchev–Trinajstić information content (AvgIpc) is 2.68. The first kappa shape index (κ1) is 21.4. The number of aryl methyl sites for hydroxylation is 1. The van der Waals surface area contributed by atoms with E-state index in [2.05, 4.69) is 24.5 Å². The summed E-state index contributed by atoms with van der Waals surface area (Å²) in [6, 6.07) is 15.1. The van der Waals surface area contributed by atoms with E-state index in [-0.39, 0.29) is 17.1 Å². The number of carbonyl (C=O) groups is 2. The number of amides is 1. The molecule has 1 aliphatic carbocycles. The number of ketones is 1. The fraction of sp³-hybridized carbons (Fsp3) is 0.308. The fourth-order valence-corrected chi connectivity index (χ4v) is 4.75. The minimum Gasteiger partial charge on any atom is -0.362 e. The predicted octanol–water partition coefficient (Wildman–Crippen LogP) is 5.89. The van der Waals surface area contributed by atoms with Gasteiger partial charge < -0.3 is 10.6 Å². The van der Waals surface area contributed by atoms with E-state index in [1.165, 1.54) is 0 Å². The quantitative estimate of drug-likeness (QED) is 0.633. The molecule has 0 saturated heterocycles. The molecular weight excluding hydrogens is 408 g/mol. The molecular formula is C26H27ClN2O2. The third-order valence-corrected chi connectivity index (χ3v) is 6.33. The monoisotopic (exact) mass is 434 g/mol. The molecule has 1 aliphatic heterocycles. The number of hydrogen-bond donors (Lipinski definition) is 2. The summed E-state index contributed by atoms with van der Waals surface area (Å²) in [4.78, 5) is 26.8. The van der Waals surface area contributed by atoms with Gasteiger partial charge in [-0.15, -0.1) is 0 Å². The van der Waals surface area contributed by atoms with Gasteiger partial charge in [0.25, 0.3) is 5.91 Å². The Labute approximate surface area is 188 Å². The van der Waals surface area contributed by atoms with E-state index in [9.17, 15) is 9.59 Å². The summed E-state index contributed by atoms with van der Waals surface area (Å²) in [6.07, 6.45) is 1.23. The molecule has 2 aromatic rings. The Hall–Kier alpha value is -2.85. The van der Waals surface area contributed by atoms with Crippen molar-refractivity contribution in [2.24, 2.45) is 5.41 Å². The lowest BCUT2D eigenvalue weighted by molar-refractivity contribution is -0.118. The molecule has 4 nitrogen and oxygen atoms in total. The van der Waals surface area contributed by atoms with Crippen molar-refractivity contribution in [3.63, 3.8) is 0 Å². The number of nitrogens with one attached hydrogen (secondary N) is 2. The molecule has 0 aromatic heterocycles. The van der Waals surface area contributed by atoms with Gasteiger partial charge in [-0.1, -0.05) is 55.8 Å². The highest BCUT2D eigenvalue weighted by molar-refractivity contribution is 6.30. The Morgan fingerprint density at radius 3 is 2.42 bits per heavy atom. The number of carbonyl (C=O) groups excluding carboxylic acids is 2. The highest BCUT2D eigenvalue weighted by Gasteiger charge is 2.42. The van der Waals surface area contributed by atoms with Crippen LogP contribution >= 0.6 is 11.6 Å². The second-order valence-electron chi connectivity index (χ2n) is 9.25. The van der Waals surface area contributed by atoms with Crippen molar-refractivity contribution in [2.45, 2.75) is 46.5 Å². The molecule has 0 fully saturated rings. The molecule has 0 radical (unpaired) electrons. The molecule has 5 heteroatoms. The van der Waals surface area contributed by atoms with Crippen molar-refractivity contribution >= 4 is 29.0 Å². The molecule has 160 valence electrons. The van der Waals surface area contributed by atoms with Gasteiger partial charge in [0, 0.05) is 45.6 Å². The van der Waals surface area contributed by atoms with Crippen LogP contribution in [0.3, 0.4) is 0 Å². The molecule has 1 unspecified atom stereocenters. The predicted molar refractivity (Wildman–Crippen MR) is 125 cm³/mol. The topological polar surface area (TPSA) is 58.2 Å². The maximum Gasteiger partial charge on any atom is 0.254 e. The van der Waals surface area contributed by atoms with Crippen molar-refractivity contribution in [3.8, 4) is 0 Å². The number of hydrogen-bond acceptors (Lipinski definition) is 3. The minimum atomic E-state index is -0.430. The summed E-state index contributed by atoms with van der Waals surface area (Å²) in [5, 5.41) is 7.07. The summed E-state index contributed by atoms with van der Waals surface area (Å²) in [5.74, 6) is -0.544. The number of Topliss-reactive ketones (excluding diaryl/α,β-unsaturated/α-hetero) is 1. The van der Waals surface area contributed by atoms with E-state index < -0.39 is 5.92 Å². The normalized spacial score (nSPS) is 20.3. The summed E-state index contributed by atoms with van der Waals surface area (Å²) >= 11 is 6.12. The zero-order valence-electron chi connectivity index (χ0n) is 18.3. The zero-order chi connectivity index (χ0) is 22.3. The number of rotatable bonds is 3. The first-order valence-corrected chi connectivity index (χ1v) is 10.9. The molecule has 31 heavy (non-hydrogen) atoms. The van der Waals surface area contributed by atoms with E-state index in [0.717, 1.165) is 34.6 Å². The number of anilines is 1. The molecule has 2 aromatic carbocycles. The smallest absolute Gasteiger partial charge is 0.254 e. The number of benzene rings is 2. The molecule has 0 spiro atoms. The molecule has 1 atom stereocenters. The summed E-state index contributed by atoms with van der Waals surface area (Å²) < 4.78 is 0. The third kappa shape index (κ3) is 4.17. The van der Waals surface area contributed by atoms with E-state index in [4.69, 9.17) is 11.6 Å². The first-order valence-electron chi connectivity index (χ1n) is 10.5. The van der Waals surface area contributed by atoms with Crippen LogP contribution in [0.1, 0.15) is 50.7 Å². The van der Waals surface area contributed by atoms with Gasteiger partial charge >= 0.3 is 0 Å². The van der Waals surface area contributed by atoms with Crippen molar-refractivity contribution in [1.29, 1.82) is 0 Å². The van der Waals surface area contributed by atoms with Crippen LogP contribution in [0, 0.1) is 12.3 Å². The molecule has 2 aliphatic rings. The Kier molecular flexibility index (Phi) is 5.52. The van der Waals surface area contributed by atoms with Crippen LogP contribution in [0.5, 0.6) is 0 Å². The Balaban J connectivity index is 1.81. The van der Waals surface area contributed by atoms with Gasteiger partial charge in [0.2, 0.25) is 0 Å². The molecule has 0 saturated carbocycles. The lowest BCUT2D eigenvalue weighted by Gasteiger charge is -2.39. The van der Waals surface area contributed by atoms with E-state index in [0.29, 0.717) is 22.6 Å². The molecule has 1 heterocycles. The van der Waals surface area contributed by atoms with Gasteiger partial charge in [0.15, 0.2) is 5.78 Å². The van der Waals surface area contributed by atoms with Gasteiger partial charge in [-0.2, -0.15) is 0 Å². The minimum absolute atomic E-state index is 0.0902. The van der Waals surface area contributed by atoms with Crippen molar-refractivity contribution in [3.05, 3.63) is 87.2 Å². The summed E-state index contributed by atoms with van der Waals surface area (Å²) in [5.41, 5.74) is 5.48. The van der Waals surface area contributed by atoms with E-state index in [1.807, 2.05) is 62.4 Å². The van der Waals surface area contributed by atoms with E-state index in [1.54, 1.807) is 0 Å². The molecule has 4 rings (SSSR count). The second-order valence-corrected chi connectivity index (χ2v) is 9.69. The number of dihydropyridines is 1. The maximum atomic E-state index is 13.5. The van der Waals surface area contributed by atoms with Crippen LogP contribution in [-0.4, -0.2) is 11.7 Å². The van der Waals surface area contributed by atoms with Crippen molar-refractivity contribution in [1.82, 2.24) is 5.32 Å². The lowest BCUT2D eigenvalue weighted by atomic mass is 9.68. The maximum absolute atomic E-state index is 13.5. The van der Waals surface area contributed by atoms with Gasteiger partial charge in [-0.3, -0.25) is 9.59 Å². The average molecular weight is 435 g/mol. The molecule has 0 bridgehead atoms. The highest BCUT2D eigenvalue weighted by Crippen LogP contribution is 2.46.